The molecule has 17 heteroatoms. The number of alkyl halides is 2. The minimum Gasteiger partial charge on any atom is -0.471 e. The number of ether oxygens (including phenoxy) is 3. The third-order valence-corrected chi connectivity index (χ3v) is 14.4. The minimum atomic E-state index is -3.93. The molecule has 6 rings (SSSR count). The molecule has 0 unspecified atom stereocenters. The summed E-state index contributed by atoms with van der Waals surface area (Å²) < 4.78 is 75.2. The van der Waals surface area contributed by atoms with Crippen molar-refractivity contribution in [1.29, 1.82) is 0 Å². The smallest absolute Gasteiger partial charge is 0.307 e. The number of benzene rings is 1. The number of hydrogen-bond acceptors (Lipinski definition) is 11. The van der Waals surface area contributed by atoms with E-state index in [9.17, 15) is 41.2 Å². The van der Waals surface area contributed by atoms with Crippen molar-refractivity contribution in [3.8, 4) is 5.88 Å². The van der Waals surface area contributed by atoms with Gasteiger partial charge in [0.1, 0.15) is 6.10 Å². The van der Waals surface area contributed by atoms with E-state index in [1.165, 1.54) is 16.7 Å². The number of aromatic nitrogens is 2. The zero-order chi connectivity index (χ0) is 43.1. The fourth-order valence-corrected chi connectivity index (χ4v) is 9.74. The molecule has 0 spiro atoms. The molecule has 7 atom stereocenters. The maximum atomic E-state index is 14.9. The Morgan fingerprint density at radius 1 is 1.03 bits per heavy atom. The highest BCUT2D eigenvalue weighted by molar-refractivity contribution is 7.90. The number of carbonyl (C=O) groups excluding carboxylic acids is 4. The van der Waals surface area contributed by atoms with Gasteiger partial charge in [-0.2, -0.15) is 0 Å². The molecule has 3 fully saturated rings. The Morgan fingerprint density at radius 3 is 2.39 bits per heavy atom. The Morgan fingerprint density at radius 2 is 1.73 bits per heavy atom. The van der Waals surface area contributed by atoms with Gasteiger partial charge in [-0.3, -0.25) is 28.7 Å². The average Bonchev–Trinajstić information content (AvgIpc) is 4.09. The van der Waals surface area contributed by atoms with Gasteiger partial charge in [-0.1, -0.05) is 38.1 Å². The van der Waals surface area contributed by atoms with E-state index >= 15 is 0 Å². The van der Waals surface area contributed by atoms with Crippen LogP contribution in [0.4, 0.5) is 8.78 Å². The van der Waals surface area contributed by atoms with Crippen LogP contribution < -0.4 is 15.0 Å². The zero-order valence-corrected chi connectivity index (χ0v) is 35.4. The molecule has 4 aliphatic rings. The number of carbonyl (C=O) groups is 4. The van der Waals surface area contributed by atoms with E-state index in [1.54, 1.807) is 24.3 Å². The van der Waals surface area contributed by atoms with E-state index in [4.69, 9.17) is 14.2 Å². The van der Waals surface area contributed by atoms with Crippen molar-refractivity contribution in [1.82, 2.24) is 19.4 Å². The first-order valence-electron chi connectivity index (χ1n) is 20.5. The number of ketones is 1. The first-order chi connectivity index (χ1) is 27.7. The normalized spacial score (nSPS) is 28.8. The van der Waals surface area contributed by atoms with Gasteiger partial charge < -0.3 is 19.1 Å². The van der Waals surface area contributed by atoms with Crippen molar-refractivity contribution in [2.75, 3.05) is 20.3 Å². The summed E-state index contributed by atoms with van der Waals surface area (Å²) in [5.41, 5.74) is -3.90. The van der Waals surface area contributed by atoms with E-state index in [2.05, 4.69) is 9.82 Å². The Kier molecular flexibility index (Phi) is 12.8. The van der Waals surface area contributed by atoms with E-state index in [0.717, 1.165) is 13.8 Å². The van der Waals surface area contributed by atoms with Crippen LogP contribution in [0.2, 0.25) is 0 Å². The van der Waals surface area contributed by atoms with Crippen LogP contribution in [0.3, 0.4) is 0 Å². The number of amides is 2. The molecule has 324 valence electrons. The van der Waals surface area contributed by atoms with Gasteiger partial charge in [-0.05, 0) is 82.3 Å². The minimum absolute atomic E-state index is 0.0482. The molecule has 59 heavy (non-hydrogen) atoms. The molecule has 2 saturated carbocycles. The number of hydrogen-bond donors (Lipinski definition) is 1. The second-order valence-corrected chi connectivity index (χ2v) is 19.6. The van der Waals surface area contributed by atoms with E-state index in [0.29, 0.717) is 49.8 Å². The largest absolute Gasteiger partial charge is 0.471 e. The van der Waals surface area contributed by atoms with Crippen molar-refractivity contribution < 1.29 is 50.6 Å². The quantitative estimate of drug-likeness (QED) is 0.225. The maximum Gasteiger partial charge on any atom is 0.307 e. The number of methoxy groups -OCH3 is 1. The predicted molar refractivity (Wildman–Crippen MR) is 213 cm³/mol. The van der Waals surface area contributed by atoms with Gasteiger partial charge in [0.25, 0.3) is 11.5 Å². The van der Waals surface area contributed by atoms with Crippen molar-refractivity contribution in [3.63, 3.8) is 0 Å². The standard InChI is InChI=1S/C42H56F2N4O10S/c1-25-11-7-8-12-27-22-42(27,39(53)46-59(54,55)29-15-16-29)23-34(49)33-20-28(57-36-30-13-9-10-14-31(30)38(52)48(45-36)17-18-56-6)24-47(33)37(51)32(26(2)19-25)21-35(50)58-40(3,4)41(5,43)44/h8-10,12-14,25-29,32-33H,7,11,15-24H2,1-6H3,(H,46,53)/b12-8-/t25-,26+,27+,28+,32-,33-,42+/m0/s1. The van der Waals surface area contributed by atoms with Gasteiger partial charge in [-0.15, -0.1) is 5.10 Å². The van der Waals surface area contributed by atoms with Gasteiger partial charge >= 0.3 is 5.97 Å². The fourth-order valence-electron chi connectivity index (χ4n) is 8.36. The van der Waals surface area contributed by atoms with Gasteiger partial charge in [-0.25, -0.2) is 21.9 Å². The lowest BCUT2D eigenvalue weighted by Crippen LogP contribution is -2.48. The predicted octanol–water partition coefficient (Wildman–Crippen LogP) is 4.96. The van der Waals surface area contributed by atoms with Crippen LogP contribution in [-0.2, 0) is 45.2 Å². The molecule has 0 bridgehead atoms. The van der Waals surface area contributed by atoms with E-state index in [-0.39, 0.29) is 56.3 Å². The third kappa shape index (κ3) is 9.71. The molecule has 2 aromatic rings. The number of esters is 1. The molecule has 2 aliphatic heterocycles. The lowest BCUT2D eigenvalue weighted by Gasteiger charge is -2.34. The average molecular weight is 847 g/mol. The number of allylic oxidation sites excluding steroid dienone is 2. The van der Waals surface area contributed by atoms with Gasteiger partial charge in [0.2, 0.25) is 27.7 Å². The topological polar surface area (TPSA) is 180 Å². The van der Waals surface area contributed by atoms with Crippen LogP contribution in [0, 0.1) is 29.1 Å². The Labute approximate surface area is 343 Å². The first-order valence-corrected chi connectivity index (χ1v) is 22.0. The van der Waals surface area contributed by atoms with Crippen LogP contribution >= 0.6 is 0 Å². The Balaban J connectivity index is 1.37. The second kappa shape index (κ2) is 17.0. The third-order valence-electron chi connectivity index (χ3n) is 12.6. The SMILES string of the molecule is COCCn1nc(O[C@@H]2C[C@H]3C(=O)C[C@]4(C(=O)NS(=O)(=O)C5CC5)C[C@H]4/C=C\CC[C@H](C)C[C@@H](C)[C@H](CC(=O)OC(C)(C)C(C)(F)F)C(=O)N3C2)c2ccccc2c1=O. The summed E-state index contributed by atoms with van der Waals surface area (Å²) >= 11 is 0. The summed E-state index contributed by atoms with van der Waals surface area (Å²) in [5, 5.41) is 4.56. The first kappa shape index (κ1) is 44.3. The Bertz CT molecular complexity index is 2150. The molecule has 0 radical (unpaired) electrons. The number of nitrogens with zero attached hydrogens (tertiary/aromatic N) is 3. The summed E-state index contributed by atoms with van der Waals surface area (Å²) in [4.78, 5) is 71.6. The van der Waals surface area contributed by atoms with Crippen LogP contribution in [0.15, 0.2) is 41.2 Å². The Hall–Kier alpha value is -4.25. The molecule has 3 heterocycles. The molecule has 14 nitrogen and oxygen atoms in total. The number of Topliss-reactive ketones (excluding diaryl/α,β-unsaturated/α-hetero) is 1. The van der Waals surface area contributed by atoms with Gasteiger partial charge in [0.15, 0.2) is 11.4 Å². The second-order valence-electron chi connectivity index (χ2n) is 17.6. The molecular weight excluding hydrogens is 791 g/mol. The molecule has 1 N–H and O–H groups in total. The molecule has 2 aliphatic carbocycles. The van der Waals surface area contributed by atoms with E-state index < -0.39 is 92.1 Å². The number of halogens is 2. The number of fused-ring (bicyclic) bond motifs is 3. The van der Waals surface area contributed by atoms with Gasteiger partial charge in [0.05, 0.1) is 59.5 Å². The summed E-state index contributed by atoms with van der Waals surface area (Å²) in [6.07, 6.45) is 4.92. The van der Waals surface area contributed by atoms with Crippen LogP contribution in [0.1, 0.15) is 92.4 Å². The van der Waals surface area contributed by atoms with Crippen LogP contribution in [0.5, 0.6) is 5.88 Å². The monoisotopic (exact) mass is 846 g/mol. The highest BCUT2D eigenvalue weighted by Gasteiger charge is 2.62. The molecule has 1 aromatic heterocycles. The summed E-state index contributed by atoms with van der Waals surface area (Å²) in [6, 6.07) is 5.57. The van der Waals surface area contributed by atoms with Gasteiger partial charge in [0, 0.05) is 26.9 Å². The highest BCUT2D eigenvalue weighted by Crippen LogP contribution is 2.57. The van der Waals surface area contributed by atoms with Crippen molar-refractivity contribution in [3.05, 3.63) is 46.8 Å². The summed E-state index contributed by atoms with van der Waals surface area (Å²) in [7, 11) is -2.44. The van der Waals surface area contributed by atoms with Crippen molar-refractivity contribution in [2.45, 2.75) is 128 Å². The number of nitrogens with one attached hydrogen (secondary N) is 1. The van der Waals surface area contributed by atoms with Crippen molar-refractivity contribution in [2.24, 2.45) is 29.1 Å². The molecule has 1 aromatic carbocycles. The summed E-state index contributed by atoms with van der Waals surface area (Å²) in [5.74, 6) is -8.01. The summed E-state index contributed by atoms with van der Waals surface area (Å²) in [6.45, 7) is 6.84. The lowest BCUT2D eigenvalue weighted by molar-refractivity contribution is -0.197. The molecule has 2 amide bonds. The molecular formula is C42H56F2N4O10S. The lowest BCUT2D eigenvalue weighted by atomic mass is 9.82. The van der Waals surface area contributed by atoms with Crippen molar-refractivity contribution >= 4 is 44.4 Å². The zero-order valence-electron chi connectivity index (χ0n) is 34.6. The highest BCUT2D eigenvalue weighted by atomic mass is 32.2. The molecule has 1 saturated heterocycles. The van der Waals surface area contributed by atoms with E-state index in [1.807, 2.05) is 26.0 Å². The van der Waals surface area contributed by atoms with Crippen LogP contribution in [0.25, 0.3) is 10.8 Å². The number of sulfonamides is 1. The van der Waals surface area contributed by atoms with Crippen LogP contribution in [-0.4, -0.2) is 95.8 Å². The fraction of sp³-hybridized carbons (Fsp3) is 0.667. The number of rotatable bonds is 12. The maximum absolute atomic E-state index is 14.9.